The molecule has 2 aromatic carbocycles. The Balaban J connectivity index is 1.65. The molecule has 0 spiro atoms. The van der Waals surface area contributed by atoms with Gasteiger partial charge in [0.2, 0.25) is 11.8 Å². The van der Waals surface area contributed by atoms with Gasteiger partial charge in [0.05, 0.1) is 24.8 Å². The lowest BCUT2D eigenvalue weighted by atomic mass is 10.1. The van der Waals surface area contributed by atoms with E-state index in [1.165, 1.54) is 31.4 Å². The highest BCUT2D eigenvalue weighted by molar-refractivity contribution is 6.19. The maximum Gasteiger partial charge on any atom is 0.343 e. The standard InChI is InChI=1S/C20H17NO6/c1-26-19(24)12-13-2-8-16(9-3-13)27-20(25)14-4-6-15(7-5-14)21-17(22)10-11-18(21)23/h2-9H,10-12H2,1H3. The average molecular weight is 367 g/mol. The highest BCUT2D eigenvalue weighted by Gasteiger charge is 2.30. The van der Waals surface area contributed by atoms with Gasteiger partial charge in [0.25, 0.3) is 0 Å². The minimum atomic E-state index is -0.568. The van der Waals surface area contributed by atoms with Crippen LogP contribution in [-0.2, 0) is 25.5 Å². The Morgan fingerprint density at radius 2 is 1.52 bits per heavy atom. The number of rotatable bonds is 5. The Morgan fingerprint density at radius 3 is 2.07 bits per heavy atom. The van der Waals surface area contributed by atoms with E-state index in [0.29, 0.717) is 11.4 Å². The highest BCUT2D eigenvalue weighted by atomic mass is 16.5. The number of anilines is 1. The Labute approximate surface area is 155 Å². The summed E-state index contributed by atoms with van der Waals surface area (Å²) in [5.41, 5.74) is 1.47. The molecule has 1 fully saturated rings. The van der Waals surface area contributed by atoms with Gasteiger partial charge >= 0.3 is 11.9 Å². The van der Waals surface area contributed by atoms with E-state index in [1.807, 2.05) is 0 Å². The van der Waals surface area contributed by atoms with Gasteiger partial charge in [0.15, 0.2) is 0 Å². The lowest BCUT2D eigenvalue weighted by Crippen LogP contribution is -2.28. The zero-order valence-corrected chi connectivity index (χ0v) is 14.6. The number of esters is 2. The van der Waals surface area contributed by atoms with E-state index in [2.05, 4.69) is 4.74 Å². The topological polar surface area (TPSA) is 90.0 Å². The molecular weight excluding hydrogens is 350 g/mol. The van der Waals surface area contributed by atoms with Crippen molar-refractivity contribution >= 4 is 29.4 Å². The van der Waals surface area contributed by atoms with E-state index in [0.717, 1.165) is 10.5 Å². The van der Waals surface area contributed by atoms with Gasteiger partial charge in [-0.3, -0.25) is 19.3 Å². The average Bonchev–Trinajstić information content (AvgIpc) is 3.01. The number of amides is 2. The van der Waals surface area contributed by atoms with Crippen LogP contribution in [0, 0.1) is 0 Å². The molecule has 0 aromatic heterocycles. The van der Waals surface area contributed by atoms with Crippen LogP contribution in [0.15, 0.2) is 48.5 Å². The van der Waals surface area contributed by atoms with E-state index in [4.69, 9.17) is 4.74 Å². The van der Waals surface area contributed by atoms with Crippen molar-refractivity contribution in [2.24, 2.45) is 0 Å². The van der Waals surface area contributed by atoms with Crippen LogP contribution in [0.1, 0.15) is 28.8 Å². The molecule has 1 saturated heterocycles. The van der Waals surface area contributed by atoms with Crippen molar-refractivity contribution in [3.05, 3.63) is 59.7 Å². The molecule has 3 rings (SSSR count). The summed E-state index contributed by atoms with van der Waals surface area (Å²) < 4.78 is 9.89. The number of ether oxygens (including phenoxy) is 2. The second kappa shape index (κ2) is 7.82. The summed E-state index contributed by atoms with van der Waals surface area (Å²) in [6.45, 7) is 0. The maximum absolute atomic E-state index is 12.2. The molecule has 0 radical (unpaired) electrons. The fraction of sp³-hybridized carbons (Fsp3) is 0.200. The molecule has 7 heteroatoms. The number of imide groups is 1. The third-order valence-corrected chi connectivity index (χ3v) is 4.12. The maximum atomic E-state index is 12.2. The third kappa shape index (κ3) is 4.20. The Hall–Kier alpha value is -3.48. The van der Waals surface area contributed by atoms with Gasteiger partial charge < -0.3 is 9.47 Å². The molecule has 1 aliphatic heterocycles. The first-order valence-corrected chi connectivity index (χ1v) is 8.31. The van der Waals surface area contributed by atoms with Crippen LogP contribution < -0.4 is 9.64 Å². The Kier molecular flexibility index (Phi) is 5.30. The van der Waals surface area contributed by atoms with Crippen molar-refractivity contribution in [3.63, 3.8) is 0 Å². The third-order valence-electron chi connectivity index (χ3n) is 4.12. The molecule has 0 saturated carbocycles. The quantitative estimate of drug-likeness (QED) is 0.457. The monoisotopic (exact) mass is 367 g/mol. The minimum absolute atomic E-state index is 0.139. The molecule has 0 aliphatic carbocycles. The first-order chi connectivity index (χ1) is 13.0. The zero-order chi connectivity index (χ0) is 19.4. The van der Waals surface area contributed by atoms with Gasteiger partial charge in [-0.25, -0.2) is 4.79 Å². The Morgan fingerprint density at radius 1 is 0.926 bits per heavy atom. The van der Waals surface area contributed by atoms with Crippen LogP contribution >= 0.6 is 0 Å². The second-order valence-electron chi connectivity index (χ2n) is 5.96. The van der Waals surface area contributed by atoms with Crippen molar-refractivity contribution in [1.82, 2.24) is 0 Å². The summed E-state index contributed by atoms with van der Waals surface area (Å²) in [6, 6.07) is 12.6. The number of nitrogens with zero attached hydrogens (tertiary/aromatic N) is 1. The lowest BCUT2D eigenvalue weighted by molar-refractivity contribution is -0.139. The molecule has 27 heavy (non-hydrogen) atoms. The summed E-state index contributed by atoms with van der Waals surface area (Å²) in [5, 5.41) is 0. The summed E-state index contributed by atoms with van der Waals surface area (Å²) in [6.07, 6.45) is 0.545. The van der Waals surface area contributed by atoms with E-state index < -0.39 is 5.97 Å². The first-order valence-electron chi connectivity index (χ1n) is 8.31. The molecule has 0 N–H and O–H groups in total. The lowest BCUT2D eigenvalue weighted by Gasteiger charge is -2.14. The highest BCUT2D eigenvalue weighted by Crippen LogP contribution is 2.23. The number of benzene rings is 2. The molecular formula is C20H17NO6. The fourth-order valence-corrected chi connectivity index (χ4v) is 2.69. The van der Waals surface area contributed by atoms with Crippen LogP contribution in [0.4, 0.5) is 5.69 Å². The molecule has 0 unspecified atom stereocenters. The summed E-state index contributed by atoms with van der Waals surface area (Å²) in [7, 11) is 1.32. The molecule has 7 nitrogen and oxygen atoms in total. The molecule has 138 valence electrons. The molecule has 0 bridgehead atoms. The van der Waals surface area contributed by atoms with Crippen molar-refractivity contribution in [2.45, 2.75) is 19.3 Å². The summed E-state index contributed by atoms with van der Waals surface area (Å²) in [4.78, 5) is 48.1. The second-order valence-corrected chi connectivity index (χ2v) is 5.96. The molecule has 1 aliphatic rings. The molecule has 2 amide bonds. The van der Waals surface area contributed by atoms with Gasteiger partial charge in [-0.05, 0) is 42.0 Å². The van der Waals surface area contributed by atoms with Crippen molar-refractivity contribution in [3.8, 4) is 5.75 Å². The summed E-state index contributed by atoms with van der Waals surface area (Å²) in [5.74, 6) is -1.08. The van der Waals surface area contributed by atoms with Gasteiger partial charge in [-0.15, -0.1) is 0 Å². The van der Waals surface area contributed by atoms with Gasteiger partial charge in [0.1, 0.15) is 5.75 Å². The minimum Gasteiger partial charge on any atom is -0.469 e. The number of carbonyl (C=O) groups is 4. The fourth-order valence-electron chi connectivity index (χ4n) is 2.69. The largest absolute Gasteiger partial charge is 0.469 e. The van der Waals surface area contributed by atoms with Crippen molar-refractivity contribution < 1.29 is 28.7 Å². The normalized spacial score (nSPS) is 13.6. The van der Waals surface area contributed by atoms with Crippen molar-refractivity contribution in [2.75, 3.05) is 12.0 Å². The van der Waals surface area contributed by atoms with Crippen LogP contribution in [-0.4, -0.2) is 30.9 Å². The van der Waals surface area contributed by atoms with E-state index >= 15 is 0 Å². The van der Waals surface area contributed by atoms with E-state index in [9.17, 15) is 19.2 Å². The van der Waals surface area contributed by atoms with Crippen LogP contribution in [0.25, 0.3) is 0 Å². The van der Waals surface area contributed by atoms with Crippen LogP contribution in [0.2, 0.25) is 0 Å². The summed E-state index contributed by atoms with van der Waals surface area (Å²) >= 11 is 0. The van der Waals surface area contributed by atoms with Crippen LogP contribution in [0.5, 0.6) is 5.75 Å². The number of hydrogen-bond acceptors (Lipinski definition) is 6. The predicted molar refractivity (Wildman–Crippen MR) is 95.3 cm³/mol. The SMILES string of the molecule is COC(=O)Cc1ccc(OC(=O)c2ccc(N3C(=O)CCC3=O)cc2)cc1. The van der Waals surface area contributed by atoms with Crippen LogP contribution in [0.3, 0.4) is 0 Å². The van der Waals surface area contributed by atoms with E-state index in [-0.39, 0.29) is 42.6 Å². The van der Waals surface area contributed by atoms with Gasteiger partial charge in [0, 0.05) is 12.8 Å². The van der Waals surface area contributed by atoms with Gasteiger partial charge in [-0.1, -0.05) is 12.1 Å². The molecule has 0 atom stereocenters. The van der Waals surface area contributed by atoms with E-state index in [1.54, 1.807) is 24.3 Å². The molecule has 1 heterocycles. The molecule has 2 aromatic rings. The Bertz CT molecular complexity index is 870. The predicted octanol–water partition coefficient (Wildman–Crippen LogP) is 2.27. The number of carbonyl (C=O) groups excluding carboxylic acids is 4. The zero-order valence-electron chi connectivity index (χ0n) is 14.6. The van der Waals surface area contributed by atoms with Crippen molar-refractivity contribution in [1.29, 1.82) is 0 Å². The smallest absolute Gasteiger partial charge is 0.343 e. The number of methoxy groups -OCH3 is 1. The number of hydrogen-bond donors (Lipinski definition) is 0. The first kappa shape index (κ1) is 18.3. The van der Waals surface area contributed by atoms with Gasteiger partial charge in [-0.2, -0.15) is 0 Å².